The van der Waals surface area contributed by atoms with Gasteiger partial charge in [0.25, 0.3) is 0 Å². The molecule has 0 bridgehead atoms. The fraction of sp³-hybridized carbons (Fsp3) is 0.444. The van der Waals surface area contributed by atoms with Crippen LogP contribution in [0.5, 0.6) is 0 Å². The molecule has 3 amide bonds. The van der Waals surface area contributed by atoms with Gasteiger partial charge in [-0.05, 0) is 91.6 Å². The van der Waals surface area contributed by atoms with Gasteiger partial charge in [0.2, 0.25) is 5.91 Å². The molecule has 58 heavy (non-hydrogen) atoms. The number of rotatable bonds is 8. The first-order valence-corrected chi connectivity index (χ1v) is 20.2. The van der Waals surface area contributed by atoms with Crippen molar-refractivity contribution in [3.05, 3.63) is 72.3 Å². The lowest BCUT2D eigenvalue weighted by atomic mass is 9.98. The van der Waals surface area contributed by atoms with Gasteiger partial charge in [-0.25, -0.2) is 19.6 Å². The number of fused-ring (bicyclic) bond motifs is 6. The zero-order valence-electron chi connectivity index (χ0n) is 34.5. The number of hydrogen-bond donors (Lipinski definition) is 3. The summed E-state index contributed by atoms with van der Waals surface area (Å²) in [6.45, 7) is 13.3. The number of amides is 3. The highest BCUT2D eigenvalue weighted by Gasteiger charge is 2.41. The fourth-order valence-electron chi connectivity index (χ4n) is 8.82. The zero-order chi connectivity index (χ0) is 41.0. The zero-order valence-corrected chi connectivity index (χ0v) is 34.5. The molecule has 8 rings (SSSR count). The minimum Gasteiger partial charge on any atom is -0.453 e. The Hall–Kier alpha value is -5.69. The third kappa shape index (κ3) is 7.43. The first kappa shape index (κ1) is 39.2. The van der Waals surface area contributed by atoms with Gasteiger partial charge in [0.05, 0.1) is 47.9 Å². The average molecular weight is 788 g/mol. The summed E-state index contributed by atoms with van der Waals surface area (Å²) in [5, 5.41) is 6.98. The number of hydrogen-bond acceptors (Lipinski definition) is 8. The Morgan fingerprint density at radius 2 is 1.38 bits per heavy atom. The molecule has 2 fully saturated rings. The number of alkyl carbamates (subject to hydrolysis) is 1. The number of methoxy groups -OCH3 is 2. The number of benzene rings is 4. The summed E-state index contributed by atoms with van der Waals surface area (Å²) < 4.78 is 16.1. The van der Waals surface area contributed by atoms with E-state index in [0.717, 1.165) is 79.2 Å². The van der Waals surface area contributed by atoms with Gasteiger partial charge in [-0.2, -0.15) is 0 Å². The van der Waals surface area contributed by atoms with E-state index in [9.17, 15) is 14.4 Å². The number of aromatic nitrogens is 4. The van der Waals surface area contributed by atoms with Gasteiger partial charge in [-0.3, -0.25) is 9.69 Å². The van der Waals surface area contributed by atoms with Gasteiger partial charge >= 0.3 is 12.2 Å². The summed E-state index contributed by atoms with van der Waals surface area (Å²) in [6.07, 6.45) is 0.535. The van der Waals surface area contributed by atoms with Gasteiger partial charge < -0.3 is 34.4 Å². The molecule has 13 heteroatoms. The number of imidazole rings is 2. The van der Waals surface area contributed by atoms with Crippen LogP contribution in [-0.2, 0) is 19.0 Å². The Balaban J connectivity index is 1.07. The maximum atomic E-state index is 13.9. The lowest BCUT2D eigenvalue weighted by molar-refractivity contribution is -0.135. The molecule has 0 saturated carbocycles. The predicted octanol–water partition coefficient (Wildman–Crippen LogP) is 8.65. The molecule has 0 unspecified atom stereocenters. The standard InChI is InChI=1S/C45H53N7O6/c1-24(2)37(50-43(54)57-8)42(53)51-21-25(3)17-35(51)40-46-33-15-11-29-19-27(9-13-31(29)38(33)48-40)28-10-14-32-30(20-28)12-16-34-39(32)49-41(47-34)36-18-26(23-56-7)22-52(36)44(55)58-45(4,5)6/h9-16,19-20,24-26,35-37H,17-18,21-23H2,1-8H3,(H,46,48)(H,47,49)(H,50,54)/t25-,26-,35-,36-,37-/m0/s1. The van der Waals surface area contributed by atoms with Crippen molar-refractivity contribution in [1.82, 2.24) is 35.1 Å². The normalized spacial score (nSPS) is 20.5. The topological polar surface area (TPSA) is 155 Å². The largest absolute Gasteiger partial charge is 0.453 e. The Bertz CT molecular complexity index is 2540. The van der Waals surface area contributed by atoms with E-state index in [2.05, 4.69) is 70.7 Å². The van der Waals surface area contributed by atoms with E-state index >= 15 is 0 Å². The summed E-state index contributed by atoms with van der Waals surface area (Å²) in [5.41, 5.74) is 5.11. The quantitative estimate of drug-likeness (QED) is 0.139. The van der Waals surface area contributed by atoms with Crippen LogP contribution in [0, 0.1) is 17.8 Å². The molecule has 2 saturated heterocycles. The molecule has 2 aliphatic rings. The summed E-state index contributed by atoms with van der Waals surface area (Å²) in [4.78, 5) is 60.1. The number of H-pyrrole nitrogens is 2. The van der Waals surface area contributed by atoms with E-state index in [1.807, 2.05) is 51.7 Å². The lowest BCUT2D eigenvalue weighted by Crippen LogP contribution is -2.51. The minimum absolute atomic E-state index is 0.117. The van der Waals surface area contributed by atoms with Crippen LogP contribution < -0.4 is 5.32 Å². The van der Waals surface area contributed by atoms with Crippen molar-refractivity contribution in [1.29, 1.82) is 0 Å². The Kier molecular flexibility index (Phi) is 10.3. The first-order valence-electron chi connectivity index (χ1n) is 20.2. The Labute approximate surface area is 337 Å². The van der Waals surface area contributed by atoms with Gasteiger partial charge in [0.1, 0.15) is 23.3 Å². The third-order valence-electron chi connectivity index (χ3n) is 11.6. The van der Waals surface area contributed by atoms with Gasteiger partial charge in [-0.15, -0.1) is 0 Å². The molecule has 3 N–H and O–H groups in total. The van der Waals surface area contributed by atoms with E-state index in [1.165, 1.54) is 7.11 Å². The van der Waals surface area contributed by atoms with Crippen molar-refractivity contribution >= 4 is 61.7 Å². The molecular formula is C45H53N7O6. The van der Waals surface area contributed by atoms with E-state index < -0.39 is 17.7 Å². The first-order chi connectivity index (χ1) is 27.7. The summed E-state index contributed by atoms with van der Waals surface area (Å²) >= 11 is 0. The van der Waals surface area contributed by atoms with E-state index in [1.54, 1.807) is 12.0 Å². The second-order valence-electron chi connectivity index (χ2n) is 17.4. The number of carbonyl (C=O) groups excluding carboxylic acids is 3. The van der Waals surface area contributed by atoms with Gasteiger partial charge in [0, 0.05) is 36.9 Å². The molecule has 2 aliphatic heterocycles. The van der Waals surface area contributed by atoms with Crippen molar-refractivity contribution in [3.63, 3.8) is 0 Å². The SMILES string of the molecule is COC[C@H]1C[C@@H](c2nc3ccc4cc(-c5ccc6c(ccc7nc([C@@H]8C[C@H](C)CN8C(=O)[C@@H](NC(=O)OC)C(C)C)[nH]c76)c5)ccc4c3[nH]2)N(C(=O)OC(C)(C)C)C1. The highest BCUT2D eigenvalue weighted by molar-refractivity contribution is 6.07. The van der Waals surface area contributed by atoms with Crippen LogP contribution in [0.15, 0.2) is 60.7 Å². The summed E-state index contributed by atoms with van der Waals surface area (Å²) in [7, 11) is 2.99. The van der Waals surface area contributed by atoms with Crippen molar-refractivity contribution in [2.45, 2.75) is 78.1 Å². The van der Waals surface area contributed by atoms with E-state index in [-0.39, 0.29) is 41.8 Å². The number of carbonyl (C=O) groups is 3. The van der Waals surface area contributed by atoms with E-state index in [4.69, 9.17) is 24.2 Å². The van der Waals surface area contributed by atoms with Crippen LogP contribution in [0.3, 0.4) is 0 Å². The van der Waals surface area contributed by atoms with Crippen molar-refractivity contribution in [2.75, 3.05) is 33.9 Å². The monoisotopic (exact) mass is 787 g/mol. The molecule has 304 valence electrons. The second kappa shape index (κ2) is 15.2. The molecule has 4 heterocycles. The summed E-state index contributed by atoms with van der Waals surface area (Å²) in [5.74, 6) is 1.69. The molecular weight excluding hydrogens is 735 g/mol. The van der Waals surface area contributed by atoms with Crippen molar-refractivity contribution < 1.29 is 28.6 Å². The lowest BCUT2D eigenvalue weighted by Gasteiger charge is -2.30. The third-order valence-corrected chi connectivity index (χ3v) is 11.6. The molecule has 0 spiro atoms. The van der Waals surface area contributed by atoms with Crippen molar-refractivity contribution in [2.24, 2.45) is 17.8 Å². The summed E-state index contributed by atoms with van der Waals surface area (Å²) in [6, 6.07) is 20.0. The minimum atomic E-state index is -0.704. The Morgan fingerprint density at radius 1 is 0.810 bits per heavy atom. The van der Waals surface area contributed by atoms with Crippen LogP contribution in [0.2, 0.25) is 0 Å². The maximum absolute atomic E-state index is 13.9. The average Bonchev–Trinajstić information content (AvgIpc) is 4.00. The smallest absolute Gasteiger partial charge is 0.410 e. The van der Waals surface area contributed by atoms with E-state index in [0.29, 0.717) is 19.7 Å². The molecule has 6 aromatic rings. The fourth-order valence-corrected chi connectivity index (χ4v) is 8.82. The number of likely N-dealkylation sites (tertiary alicyclic amines) is 2. The van der Waals surface area contributed by atoms with Crippen LogP contribution in [0.4, 0.5) is 9.59 Å². The number of aromatic amines is 2. The van der Waals surface area contributed by atoms with Gasteiger partial charge in [0.15, 0.2) is 0 Å². The second-order valence-corrected chi connectivity index (χ2v) is 17.4. The molecule has 4 aromatic carbocycles. The molecule has 13 nitrogen and oxygen atoms in total. The van der Waals surface area contributed by atoms with Crippen molar-refractivity contribution in [3.8, 4) is 11.1 Å². The Morgan fingerprint density at radius 3 is 1.90 bits per heavy atom. The van der Waals surface area contributed by atoms with Crippen LogP contribution >= 0.6 is 0 Å². The molecule has 2 aromatic heterocycles. The molecule has 0 radical (unpaired) electrons. The predicted molar refractivity (Wildman–Crippen MR) is 224 cm³/mol. The highest BCUT2D eigenvalue weighted by atomic mass is 16.6. The number of nitrogens with one attached hydrogen (secondary N) is 3. The van der Waals surface area contributed by atoms with Gasteiger partial charge in [-0.1, -0.05) is 57.2 Å². The van der Waals surface area contributed by atoms with Crippen LogP contribution in [-0.4, -0.2) is 93.4 Å². The number of ether oxygens (including phenoxy) is 3. The molecule has 5 atom stereocenters. The highest BCUT2D eigenvalue weighted by Crippen LogP contribution is 2.40. The van der Waals surface area contributed by atoms with Crippen LogP contribution in [0.25, 0.3) is 54.7 Å². The molecule has 0 aliphatic carbocycles. The number of nitrogens with zero attached hydrogens (tertiary/aromatic N) is 4. The van der Waals surface area contributed by atoms with Crippen LogP contribution in [0.1, 0.15) is 78.1 Å². The maximum Gasteiger partial charge on any atom is 0.410 e.